The number of nitrogens with one attached hydrogen (secondary N) is 1. The van der Waals surface area contributed by atoms with E-state index in [9.17, 15) is 9.59 Å². The number of amides is 2. The molecule has 2 aromatic rings. The zero-order valence-corrected chi connectivity index (χ0v) is 14.2. The van der Waals surface area contributed by atoms with Crippen molar-refractivity contribution in [1.82, 2.24) is 9.88 Å². The van der Waals surface area contributed by atoms with Crippen LogP contribution in [0.5, 0.6) is 0 Å². The van der Waals surface area contributed by atoms with E-state index in [2.05, 4.69) is 10.3 Å². The van der Waals surface area contributed by atoms with Gasteiger partial charge in [-0.1, -0.05) is 18.2 Å². The maximum Gasteiger partial charge on any atom is 0.247 e. The number of aromatic nitrogens is 1. The first-order valence-electron chi connectivity index (χ1n) is 8.37. The van der Waals surface area contributed by atoms with Crippen LogP contribution in [0.2, 0.25) is 0 Å². The largest absolute Gasteiger partial charge is 0.332 e. The van der Waals surface area contributed by atoms with Crippen molar-refractivity contribution < 1.29 is 9.59 Å². The van der Waals surface area contributed by atoms with E-state index < -0.39 is 0 Å². The Morgan fingerprint density at radius 1 is 1.24 bits per heavy atom. The molecular formula is C20H21N3O2. The molecule has 1 aromatic heterocycles. The molecule has 0 unspecified atom stereocenters. The second kappa shape index (κ2) is 7.75. The molecule has 1 fully saturated rings. The summed E-state index contributed by atoms with van der Waals surface area (Å²) in [7, 11) is 0. The van der Waals surface area contributed by atoms with Crippen molar-refractivity contribution in [2.45, 2.75) is 32.4 Å². The lowest BCUT2D eigenvalue weighted by molar-refractivity contribution is -0.127. The highest BCUT2D eigenvalue weighted by Crippen LogP contribution is 2.28. The van der Waals surface area contributed by atoms with Crippen LogP contribution in [0.3, 0.4) is 0 Å². The fraction of sp³-hybridized carbons (Fsp3) is 0.250. The molecule has 5 nitrogen and oxygen atoms in total. The van der Waals surface area contributed by atoms with Gasteiger partial charge in [0.05, 0.1) is 0 Å². The molecule has 0 spiro atoms. The van der Waals surface area contributed by atoms with Gasteiger partial charge in [0.25, 0.3) is 0 Å². The first kappa shape index (κ1) is 16.9. The predicted molar refractivity (Wildman–Crippen MR) is 97.6 cm³/mol. The van der Waals surface area contributed by atoms with Gasteiger partial charge in [0.1, 0.15) is 0 Å². The number of rotatable bonds is 6. The summed E-state index contributed by atoms with van der Waals surface area (Å²) in [6.07, 6.45) is 9.07. The van der Waals surface area contributed by atoms with Crippen LogP contribution in [-0.2, 0) is 16.1 Å². The summed E-state index contributed by atoms with van der Waals surface area (Å²) in [6.45, 7) is 2.06. The molecule has 128 valence electrons. The zero-order valence-electron chi connectivity index (χ0n) is 14.2. The van der Waals surface area contributed by atoms with Crippen molar-refractivity contribution in [3.05, 3.63) is 66.0 Å². The van der Waals surface area contributed by atoms with Crippen LogP contribution >= 0.6 is 0 Å². The third-order valence-corrected chi connectivity index (χ3v) is 4.00. The zero-order chi connectivity index (χ0) is 17.6. The van der Waals surface area contributed by atoms with Gasteiger partial charge in [-0.05, 0) is 48.2 Å². The van der Waals surface area contributed by atoms with Crippen molar-refractivity contribution in [2.24, 2.45) is 0 Å². The smallest absolute Gasteiger partial charge is 0.247 e. The highest BCUT2D eigenvalue weighted by atomic mass is 16.2. The van der Waals surface area contributed by atoms with Gasteiger partial charge >= 0.3 is 0 Å². The van der Waals surface area contributed by atoms with Crippen LogP contribution in [0.25, 0.3) is 6.08 Å². The van der Waals surface area contributed by atoms with Gasteiger partial charge in [-0.2, -0.15) is 0 Å². The van der Waals surface area contributed by atoms with Crippen LogP contribution in [-0.4, -0.2) is 27.7 Å². The molecule has 1 aliphatic rings. The first-order valence-corrected chi connectivity index (χ1v) is 8.37. The quantitative estimate of drug-likeness (QED) is 0.824. The fourth-order valence-electron chi connectivity index (χ4n) is 2.61. The Kier molecular flexibility index (Phi) is 5.23. The van der Waals surface area contributed by atoms with Crippen molar-refractivity contribution in [2.75, 3.05) is 5.32 Å². The number of anilines is 1. The van der Waals surface area contributed by atoms with E-state index >= 15 is 0 Å². The molecule has 1 saturated carbocycles. The van der Waals surface area contributed by atoms with E-state index in [4.69, 9.17) is 0 Å². The van der Waals surface area contributed by atoms with Crippen LogP contribution in [0, 0.1) is 0 Å². The highest BCUT2D eigenvalue weighted by Gasteiger charge is 2.31. The lowest BCUT2D eigenvalue weighted by Gasteiger charge is -2.20. The van der Waals surface area contributed by atoms with Gasteiger partial charge in [-0.15, -0.1) is 0 Å². The lowest BCUT2D eigenvalue weighted by Crippen LogP contribution is -2.31. The van der Waals surface area contributed by atoms with Gasteiger partial charge in [-0.25, -0.2) is 0 Å². The highest BCUT2D eigenvalue weighted by molar-refractivity contribution is 5.92. The molecule has 1 aromatic carbocycles. The van der Waals surface area contributed by atoms with Crippen molar-refractivity contribution in [3.63, 3.8) is 0 Å². The van der Waals surface area contributed by atoms with Crippen LogP contribution in [0.4, 0.5) is 5.69 Å². The second-order valence-corrected chi connectivity index (χ2v) is 6.20. The Bertz CT molecular complexity index is 765. The van der Waals surface area contributed by atoms with Gasteiger partial charge in [0.2, 0.25) is 11.8 Å². The second-order valence-electron chi connectivity index (χ2n) is 6.20. The normalized spacial score (nSPS) is 13.6. The Balaban J connectivity index is 1.64. The summed E-state index contributed by atoms with van der Waals surface area (Å²) in [4.78, 5) is 29.6. The van der Waals surface area contributed by atoms with E-state index in [0.717, 1.165) is 29.7 Å². The molecule has 0 aliphatic heterocycles. The molecule has 25 heavy (non-hydrogen) atoms. The average Bonchev–Trinajstić information content (AvgIpc) is 3.44. The SMILES string of the molecule is CC(=O)Nc1ccc(C=CC(=O)N(Cc2cccnc2)C2CC2)cc1. The van der Waals surface area contributed by atoms with E-state index in [1.807, 2.05) is 41.3 Å². The Hall–Kier alpha value is -2.95. The van der Waals surface area contributed by atoms with Gasteiger partial charge in [-0.3, -0.25) is 14.6 Å². The maximum atomic E-state index is 12.6. The number of pyridine rings is 1. The summed E-state index contributed by atoms with van der Waals surface area (Å²) >= 11 is 0. The van der Waals surface area contributed by atoms with Crippen LogP contribution in [0.15, 0.2) is 54.9 Å². The molecule has 3 rings (SSSR count). The number of hydrogen-bond acceptors (Lipinski definition) is 3. The van der Waals surface area contributed by atoms with E-state index in [1.54, 1.807) is 24.5 Å². The van der Waals surface area contributed by atoms with Crippen molar-refractivity contribution >= 4 is 23.6 Å². The fourth-order valence-corrected chi connectivity index (χ4v) is 2.61. The Labute approximate surface area is 147 Å². The monoisotopic (exact) mass is 335 g/mol. The molecule has 5 heteroatoms. The summed E-state index contributed by atoms with van der Waals surface area (Å²) < 4.78 is 0. The van der Waals surface area contributed by atoms with E-state index in [-0.39, 0.29) is 11.8 Å². The third-order valence-electron chi connectivity index (χ3n) is 4.00. The lowest BCUT2D eigenvalue weighted by atomic mass is 10.2. The average molecular weight is 335 g/mol. The molecule has 1 heterocycles. The van der Waals surface area contributed by atoms with Crippen LogP contribution in [0.1, 0.15) is 30.9 Å². The summed E-state index contributed by atoms with van der Waals surface area (Å²) in [5.41, 5.74) is 2.70. The molecule has 1 N–H and O–H groups in total. The Morgan fingerprint density at radius 2 is 2.00 bits per heavy atom. The van der Waals surface area contributed by atoms with Crippen molar-refractivity contribution in [1.29, 1.82) is 0 Å². The minimum Gasteiger partial charge on any atom is -0.332 e. The Morgan fingerprint density at radius 3 is 2.60 bits per heavy atom. The summed E-state index contributed by atoms with van der Waals surface area (Å²) in [5, 5.41) is 2.72. The summed E-state index contributed by atoms with van der Waals surface area (Å²) in [5.74, 6) is -0.0914. The maximum absolute atomic E-state index is 12.6. The van der Waals surface area contributed by atoms with Crippen LogP contribution < -0.4 is 5.32 Å². The van der Waals surface area contributed by atoms with Gasteiger partial charge < -0.3 is 10.2 Å². The molecular weight excluding hydrogens is 314 g/mol. The number of nitrogens with zero attached hydrogens (tertiary/aromatic N) is 2. The minimum atomic E-state index is -0.103. The molecule has 0 bridgehead atoms. The standard InChI is InChI=1S/C20H21N3O2/c1-15(24)22-18-7-4-16(5-8-18)6-11-20(25)23(19-9-10-19)14-17-3-2-12-21-13-17/h2-8,11-13,19H,9-10,14H2,1H3,(H,22,24). The minimum absolute atomic E-state index is 0.0114. The predicted octanol–water partition coefficient (Wildman–Crippen LogP) is 3.24. The molecule has 0 radical (unpaired) electrons. The number of carbonyl (C=O) groups excluding carboxylic acids is 2. The molecule has 2 amide bonds. The molecule has 1 aliphatic carbocycles. The third kappa shape index (κ3) is 5.01. The summed E-state index contributed by atoms with van der Waals surface area (Å²) in [6, 6.07) is 11.6. The van der Waals surface area contributed by atoms with Gasteiger partial charge in [0.15, 0.2) is 0 Å². The topological polar surface area (TPSA) is 62.3 Å². The number of benzene rings is 1. The van der Waals surface area contributed by atoms with Gasteiger partial charge in [0, 0.05) is 43.7 Å². The first-order chi connectivity index (χ1) is 12.1. The van der Waals surface area contributed by atoms with E-state index in [0.29, 0.717) is 12.6 Å². The van der Waals surface area contributed by atoms with E-state index in [1.165, 1.54) is 6.92 Å². The molecule has 0 atom stereocenters. The number of hydrogen-bond donors (Lipinski definition) is 1. The van der Waals surface area contributed by atoms with Crippen molar-refractivity contribution in [3.8, 4) is 0 Å². The molecule has 0 saturated heterocycles. The number of carbonyl (C=O) groups is 2.